The maximum Gasteiger partial charge on any atom is 0.338 e. The molecule has 1 aliphatic heterocycles. The van der Waals surface area contributed by atoms with Crippen LogP contribution >= 0.6 is 11.6 Å². The molecule has 7 nitrogen and oxygen atoms in total. The Morgan fingerprint density at radius 3 is 1.91 bits per heavy atom. The second-order valence-corrected chi connectivity index (χ2v) is 8.01. The van der Waals surface area contributed by atoms with E-state index in [1.54, 1.807) is 57.2 Å². The van der Waals surface area contributed by atoms with Crippen molar-refractivity contribution >= 4 is 29.5 Å². The molecule has 0 spiro atoms. The highest BCUT2D eigenvalue weighted by molar-refractivity contribution is 6.30. The number of hydrogen-bond donors (Lipinski definition) is 1. The van der Waals surface area contributed by atoms with Gasteiger partial charge in [0.25, 0.3) is 0 Å². The van der Waals surface area contributed by atoms with E-state index in [0.717, 1.165) is 5.56 Å². The Bertz CT molecular complexity index is 975. The monoisotopic (exact) mass is 473 g/mol. The molecule has 0 radical (unpaired) electrons. The summed E-state index contributed by atoms with van der Waals surface area (Å²) in [5.41, 5.74) is 1.90. The molecule has 0 bridgehead atoms. The van der Waals surface area contributed by atoms with Gasteiger partial charge in [-0.05, 0) is 56.2 Å². The van der Waals surface area contributed by atoms with Crippen LogP contribution in [0, 0.1) is 5.92 Å². The molecule has 1 saturated heterocycles. The first-order chi connectivity index (χ1) is 15.9. The first-order valence-electron chi connectivity index (χ1n) is 11.0. The zero-order chi connectivity index (χ0) is 24.0. The maximum absolute atomic E-state index is 13.2. The molecule has 1 N–H and O–H groups in total. The fourth-order valence-corrected chi connectivity index (χ4v) is 4.34. The van der Waals surface area contributed by atoms with E-state index < -0.39 is 41.8 Å². The lowest BCUT2D eigenvalue weighted by Crippen LogP contribution is -2.37. The molecule has 3 rings (SSSR count). The molecule has 0 aromatic heterocycles. The van der Waals surface area contributed by atoms with E-state index in [4.69, 9.17) is 25.8 Å². The van der Waals surface area contributed by atoms with Gasteiger partial charge in [-0.3, -0.25) is 14.9 Å². The van der Waals surface area contributed by atoms with Gasteiger partial charge in [-0.1, -0.05) is 35.9 Å². The van der Waals surface area contributed by atoms with Crippen LogP contribution in [0.1, 0.15) is 54.2 Å². The Balaban J connectivity index is 2.05. The van der Waals surface area contributed by atoms with Gasteiger partial charge in [0.2, 0.25) is 0 Å². The summed E-state index contributed by atoms with van der Waals surface area (Å²) >= 11 is 6.05. The third-order valence-corrected chi connectivity index (χ3v) is 5.85. The second kappa shape index (κ2) is 11.3. The van der Waals surface area contributed by atoms with Crippen LogP contribution in [0.4, 0.5) is 0 Å². The lowest BCUT2D eigenvalue weighted by Gasteiger charge is -2.24. The molecule has 1 heterocycles. The quantitative estimate of drug-likeness (QED) is 0.456. The fourth-order valence-electron chi connectivity index (χ4n) is 4.21. The number of carbonyl (C=O) groups is 3. The summed E-state index contributed by atoms with van der Waals surface area (Å²) in [6, 6.07) is 12.6. The smallest absolute Gasteiger partial charge is 0.338 e. The molecule has 0 aliphatic carbocycles. The van der Waals surface area contributed by atoms with Crippen molar-refractivity contribution in [3.8, 4) is 0 Å². The largest absolute Gasteiger partial charge is 0.466 e. The van der Waals surface area contributed by atoms with Gasteiger partial charge in [0.15, 0.2) is 0 Å². The van der Waals surface area contributed by atoms with Gasteiger partial charge in [0, 0.05) is 17.0 Å². The minimum Gasteiger partial charge on any atom is -0.466 e. The molecule has 4 atom stereocenters. The van der Waals surface area contributed by atoms with Crippen molar-refractivity contribution in [3.05, 3.63) is 70.2 Å². The molecule has 33 heavy (non-hydrogen) atoms. The lowest BCUT2D eigenvalue weighted by atomic mass is 9.79. The van der Waals surface area contributed by atoms with E-state index in [0.29, 0.717) is 16.1 Å². The van der Waals surface area contributed by atoms with Crippen molar-refractivity contribution in [2.24, 2.45) is 5.92 Å². The maximum atomic E-state index is 13.2. The van der Waals surface area contributed by atoms with Crippen LogP contribution in [0.15, 0.2) is 48.5 Å². The number of ether oxygens (including phenoxy) is 3. The Morgan fingerprint density at radius 1 is 0.788 bits per heavy atom. The van der Waals surface area contributed by atoms with Crippen molar-refractivity contribution < 1.29 is 28.6 Å². The van der Waals surface area contributed by atoms with E-state index >= 15 is 0 Å². The molecule has 0 unspecified atom stereocenters. The second-order valence-electron chi connectivity index (χ2n) is 7.57. The molecule has 8 heteroatoms. The zero-order valence-corrected chi connectivity index (χ0v) is 19.6. The van der Waals surface area contributed by atoms with Crippen molar-refractivity contribution in [1.82, 2.24) is 5.32 Å². The normalized spacial score (nSPS) is 21.9. The molecule has 1 fully saturated rings. The van der Waals surface area contributed by atoms with Gasteiger partial charge >= 0.3 is 17.9 Å². The fraction of sp³-hybridized carbons (Fsp3) is 0.400. The molecule has 2 aromatic carbocycles. The van der Waals surface area contributed by atoms with Gasteiger partial charge in [0.1, 0.15) is 6.04 Å². The van der Waals surface area contributed by atoms with Gasteiger partial charge in [-0.15, -0.1) is 0 Å². The minimum absolute atomic E-state index is 0.210. The highest BCUT2D eigenvalue weighted by Gasteiger charge is 2.52. The molecule has 0 amide bonds. The topological polar surface area (TPSA) is 90.9 Å². The molecule has 176 valence electrons. The van der Waals surface area contributed by atoms with Crippen molar-refractivity contribution in [3.63, 3.8) is 0 Å². The van der Waals surface area contributed by atoms with E-state index in [-0.39, 0.29) is 19.8 Å². The summed E-state index contributed by atoms with van der Waals surface area (Å²) < 4.78 is 15.8. The number of rotatable bonds is 8. The molecule has 2 aromatic rings. The van der Waals surface area contributed by atoms with Crippen molar-refractivity contribution in [1.29, 1.82) is 0 Å². The SMILES string of the molecule is CCOC(=O)c1ccc([C@H]2[C@@H](C(=O)OCC)[C@H](c3ccc(Cl)cc3)N[C@@H]2C(=O)OCC)cc1. The third kappa shape index (κ3) is 5.54. The van der Waals surface area contributed by atoms with Crippen LogP contribution in [0.25, 0.3) is 0 Å². The standard InChI is InChI=1S/C25H28ClNO6/c1-4-31-23(28)17-9-7-15(8-10-17)19-20(24(29)32-5-2)21(16-11-13-18(26)14-12-16)27-22(19)25(30)33-6-3/h7-14,19-22,27H,4-6H2,1-3H3/t19-,20+,21-,22-/m0/s1. The van der Waals surface area contributed by atoms with E-state index in [1.165, 1.54) is 0 Å². The van der Waals surface area contributed by atoms with Gasteiger partial charge < -0.3 is 14.2 Å². The summed E-state index contributed by atoms with van der Waals surface area (Å²) in [6.07, 6.45) is 0. The van der Waals surface area contributed by atoms with E-state index in [2.05, 4.69) is 5.32 Å². The van der Waals surface area contributed by atoms with Crippen LogP contribution in [-0.2, 0) is 23.8 Å². The number of benzene rings is 2. The minimum atomic E-state index is -0.784. The summed E-state index contributed by atoms with van der Waals surface area (Å²) in [5.74, 6) is -2.58. The average Bonchev–Trinajstić information content (AvgIpc) is 3.21. The first-order valence-corrected chi connectivity index (χ1v) is 11.4. The lowest BCUT2D eigenvalue weighted by molar-refractivity contribution is -0.149. The van der Waals surface area contributed by atoms with Crippen molar-refractivity contribution in [2.75, 3.05) is 19.8 Å². The number of esters is 3. The first kappa shape index (κ1) is 24.7. The number of carbonyl (C=O) groups excluding carboxylic acids is 3. The highest BCUT2D eigenvalue weighted by Crippen LogP contribution is 2.44. The summed E-state index contributed by atoms with van der Waals surface area (Å²) in [5, 5.41) is 3.86. The molecule has 0 saturated carbocycles. The summed E-state index contributed by atoms with van der Waals surface area (Å²) in [6.45, 7) is 5.90. The van der Waals surface area contributed by atoms with Crippen LogP contribution in [-0.4, -0.2) is 43.8 Å². The van der Waals surface area contributed by atoms with Crippen LogP contribution < -0.4 is 5.32 Å². The van der Waals surface area contributed by atoms with Gasteiger partial charge in [-0.2, -0.15) is 0 Å². The Morgan fingerprint density at radius 2 is 1.33 bits per heavy atom. The Hall–Kier alpha value is -2.90. The van der Waals surface area contributed by atoms with Crippen LogP contribution in [0.2, 0.25) is 5.02 Å². The average molecular weight is 474 g/mol. The van der Waals surface area contributed by atoms with Gasteiger partial charge in [0.05, 0.1) is 31.3 Å². The molecule has 1 aliphatic rings. The highest BCUT2D eigenvalue weighted by atomic mass is 35.5. The number of hydrogen-bond acceptors (Lipinski definition) is 7. The van der Waals surface area contributed by atoms with Gasteiger partial charge in [-0.25, -0.2) is 4.79 Å². The number of halogens is 1. The van der Waals surface area contributed by atoms with E-state index in [9.17, 15) is 14.4 Å². The zero-order valence-electron chi connectivity index (χ0n) is 18.9. The van der Waals surface area contributed by atoms with Crippen LogP contribution in [0.5, 0.6) is 0 Å². The molecular formula is C25H28ClNO6. The summed E-state index contributed by atoms with van der Waals surface area (Å²) in [7, 11) is 0. The van der Waals surface area contributed by atoms with E-state index in [1.807, 2.05) is 12.1 Å². The van der Waals surface area contributed by atoms with Crippen molar-refractivity contribution in [2.45, 2.75) is 38.8 Å². The third-order valence-electron chi connectivity index (χ3n) is 5.60. The Labute approximate surface area is 198 Å². The molecular weight excluding hydrogens is 446 g/mol. The predicted molar refractivity (Wildman–Crippen MR) is 123 cm³/mol. The Kier molecular flexibility index (Phi) is 8.47. The summed E-state index contributed by atoms with van der Waals surface area (Å²) in [4.78, 5) is 38.1. The predicted octanol–water partition coefficient (Wildman–Crippen LogP) is 4.06. The van der Waals surface area contributed by atoms with Crippen LogP contribution in [0.3, 0.4) is 0 Å². The number of nitrogens with one attached hydrogen (secondary N) is 1.